The van der Waals surface area contributed by atoms with Gasteiger partial charge in [0.2, 0.25) is 5.88 Å². The highest BCUT2D eigenvalue weighted by Crippen LogP contribution is 2.29. The molecule has 0 aliphatic carbocycles. The number of aromatic nitrogens is 5. The number of anilines is 1. The van der Waals surface area contributed by atoms with Gasteiger partial charge in [-0.25, -0.2) is 14.4 Å². The summed E-state index contributed by atoms with van der Waals surface area (Å²) in [5.41, 5.74) is 4.94. The fraction of sp³-hybridized carbons (Fsp3) is 0.280. The highest BCUT2D eigenvalue weighted by atomic mass is 19.1. The molecule has 7 nitrogen and oxygen atoms in total. The minimum Gasteiger partial charge on any atom is -0.479 e. The average Bonchev–Trinajstić information content (AvgIpc) is 3.24. The number of ether oxygens (including phenoxy) is 1. The normalized spacial score (nSPS) is 12.1. The number of halogens is 1. The molecule has 0 bridgehead atoms. The number of nitrogens with zero attached hydrogens (tertiary/aromatic N) is 5. The van der Waals surface area contributed by atoms with Gasteiger partial charge in [0.25, 0.3) is 0 Å². The Bertz CT molecular complexity index is 1250. The summed E-state index contributed by atoms with van der Waals surface area (Å²) in [7, 11) is 1.59. The van der Waals surface area contributed by atoms with E-state index in [1.165, 1.54) is 12.1 Å². The Morgan fingerprint density at radius 3 is 2.36 bits per heavy atom. The molecule has 1 atom stereocenters. The lowest BCUT2D eigenvalue weighted by molar-refractivity contribution is 0.396. The Morgan fingerprint density at radius 1 is 1.00 bits per heavy atom. The first-order chi connectivity index (χ1) is 15.9. The van der Waals surface area contributed by atoms with E-state index in [1.54, 1.807) is 25.6 Å². The van der Waals surface area contributed by atoms with Crippen molar-refractivity contribution in [3.05, 3.63) is 77.6 Å². The fourth-order valence-corrected chi connectivity index (χ4v) is 3.68. The van der Waals surface area contributed by atoms with E-state index >= 15 is 0 Å². The van der Waals surface area contributed by atoms with Crippen LogP contribution in [0.2, 0.25) is 0 Å². The Morgan fingerprint density at radius 2 is 1.76 bits per heavy atom. The van der Waals surface area contributed by atoms with E-state index in [4.69, 9.17) is 4.74 Å². The molecule has 8 heteroatoms. The molecule has 0 saturated carbocycles. The summed E-state index contributed by atoms with van der Waals surface area (Å²) >= 11 is 0. The molecule has 0 fully saturated rings. The quantitative estimate of drug-likeness (QED) is 0.415. The molecule has 1 aromatic carbocycles. The summed E-state index contributed by atoms with van der Waals surface area (Å²) in [6.07, 6.45) is 3.64. The predicted octanol–water partition coefficient (Wildman–Crippen LogP) is 5.30. The van der Waals surface area contributed by atoms with Gasteiger partial charge in [-0.05, 0) is 61.2 Å². The van der Waals surface area contributed by atoms with E-state index in [-0.39, 0.29) is 17.8 Å². The van der Waals surface area contributed by atoms with Gasteiger partial charge in [-0.3, -0.25) is 0 Å². The number of hydrogen-bond acceptors (Lipinski definition) is 6. The van der Waals surface area contributed by atoms with E-state index in [0.717, 1.165) is 22.5 Å². The first-order valence-electron chi connectivity index (χ1n) is 10.8. The second kappa shape index (κ2) is 9.36. The summed E-state index contributed by atoms with van der Waals surface area (Å²) in [6.45, 7) is 8.12. The van der Waals surface area contributed by atoms with Crippen molar-refractivity contribution in [2.75, 3.05) is 12.4 Å². The van der Waals surface area contributed by atoms with Crippen molar-refractivity contribution in [3.8, 4) is 23.0 Å². The molecule has 0 spiro atoms. The first-order valence-corrected chi connectivity index (χ1v) is 10.8. The fourth-order valence-electron chi connectivity index (χ4n) is 3.68. The number of pyridine rings is 1. The number of nitrogens with one attached hydrogen (secondary N) is 1. The Hall–Kier alpha value is -3.81. The van der Waals surface area contributed by atoms with Crippen molar-refractivity contribution in [2.24, 2.45) is 5.92 Å². The maximum Gasteiger partial charge on any atom is 0.238 e. The highest BCUT2D eigenvalue weighted by molar-refractivity contribution is 5.61. The van der Waals surface area contributed by atoms with Gasteiger partial charge in [0, 0.05) is 6.20 Å². The second-order valence-corrected chi connectivity index (χ2v) is 8.33. The number of rotatable bonds is 7. The van der Waals surface area contributed by atoms with Gasteiger partial charge in [-0.15, -0.1) is 10.2 Å². The Balaban J connectivity index is 1.61. The lowest BCUT2D eigenvalue weighted by Crippen LogP contribution is -2.18. The van der Waals surface area contributed by atoms with E-state index in [2.05, 4.69) is 39.3 Å². The van der Waals surface area contributed by atoms with Crippen LogP contribution in [-0.4, -0.2) is 31.8 Å². The van der Waals surface area contributed by atoms with Crippen molar-refractivity contribution in [1.82, 2.24) is 24.7 Å². The third kappa shape index (κ3) is 4.84. The summed E-state index contributed by atoms with van der Waals surface area (Å²) in [5, 5.41) is 12.3. The van der Waals surface area contributed by atoms with Gasteiger partial charge in [-0.1, -0.05) is 26.0 Å². The maximum atomic E-state index is 13.4. The van der Waals surface area contributed by atoms with Gasteiger partial charge in [0.1, 0.15) is 17.2 Å². The van der Waals surface area contributed by atoms with Gasteiger partial charge < -0.3 is 14.6 Å². The molecule has 0 amide bonds. The molecule has 4 rings (SSSR count). The zero-order valence-electron chi connectivity index (χ0n) is 19.4. The number of methoxy groups -OCH3 is 1. The van der Waals surface area contributed by atoms with Crippen LogP contribution < -0.4 is 10.1 Å². The molecule has 0 aliphatic heterocycles. The average molecular weight is 447 g/mol. The van der Waals surface area contributed by atoms with Crippen LogP contribution in [-0.2, 0) is 0 Å². The van der Waals surface area contributed by atoms with E-state index in [0.29, 0.717) is 23.1 Å². The van der Waals surface area contributed by atoms with Crippen molar-refractivity contribution < 1.29 is 9.13 Å². The summed E-state index contributed by atoms with van der Waals surface area (Å²) in [6, 6.07) is 12.3. The molecule has 0 aliphatic rings. The van der Waals surface area contributed by atoms with Crippen LogP contribution in [0, 0.1) is 25.6 Å². The predicted molar refractivity (Wildman–Crippen MR) is 126 cm³/mol. The van der Waals surface area contributed by atoms with Crippen LogP contribution in [0.5, 0.6) is 5.88 Å². The van der Waals surface area contributed by atoms with Gasteiger partial charge in [0.15, 0.2) is 5.82 Å². The maximum absolute atomic E-state index is 13.4. The van der Waals surface area contributed by atoms with Crippen molar-refractivity contribution in [1.29, 1.82) is 0 Å². The van der Waals surface area contributed by atoms with Crippen molar-refractivity contribution >= 4 is 5.82 Å². The van der Waals surface area contributed by atoms with Gasteiger partial charge in [0.05, 0.1) is 30.9 Å². The standard InChI is InChI=1S/C25H27FN6O/c1-15(2)23(18-6-8-19(26)9-7-18)29-24-16(3)12-21(30-31-24)20-10-11-22(25(28-20)33-5)32-13-17(4)27-14-32/h6-15,23H,1-5H3,(H,29,31). The Kier molecular flexibility index (Phi) is 6.35. The largest absolute Gasteiger partial charge is 0.479 e. The third-order valence-electron chi connectivity index (χ3n) is 5.46. The lowest BCUT2D eigenvalue weighted by Gasteiger charge is -2.24. The summed E-state index contributed by atoms with van der Waals surface area (Å²) in [4.78, 5) is 8.90. The SMILES string of the molecule is COc1nc(-c2cc(C)c(NC(c3ccc(F)cc3)C(C)C)nn2)ccc1-n1cnc(C)c1. The van der Waals surface area contributed by atoms with Crippen LogP contribution >= 0.6 is 0 Å². The topological polar surface area (TPSA) is 77.8 Å². The van der Waals surface area contributed by atoms with E-state index in [9.17, 15) is 4.39 Å². The van der Waals surface area contributed by atoms with Crippen LogP contribution in [0.15, 0.2) is 55.0 Å². The molecule has 1 N–H and O–H groups in total. The van der Waals surface area contributed by atoms with Gasteiger partial charge in [-0.2, -0.15) is 0 Å². The molecule has 33 heavy (non-hydrogen) atoms. The lowest BCUT2D eigenvalue weighted by atomic mass is 9.96. The molecule has 3 heterocycles. The smallest absolute Gasteiger partial charge is 0.238 e. The first kappa shape index (κ1) is 22.4. The molecular weight excluding hydrogens is 419 g/mol. The molecule has 1 unspecified atom stereocenters. The van der Waals surface area contributed by atoms with Crippen molar-refractivity contribution in [3.63, 3.8) is 0 Å². The van der Waals surface area contributed by atoms with E-state index in [1.807, 2.05) is 42.8 Å². The Labute approximate surface area is 192 Å². The number of hydrogen-bond donors (Lipinski definition) is 1. The number of aryl methyl sites for hydroxylation is 2. The number of benzene rings is 1. The molecule has 0 saturated heterocycles. The zero-order chi connectivity index (χ0) is 23.5. The number of imidazole rings is 1. The third-order valence-corrected chi connectivity index (χ3v) is 5.46. The second-order valence-electron chi connectivity index (χ2n) is 8.33. The van der Waals surface area contributed by atoms with Crippen molar-refractivity contribution in [2.45, 2.75) is 33.7 Å². The molecule has 3 aromatic heterocycles. The summed E-state index contributed by atoms with van der Waals surface area (Å²) in [5.74, 6) is 1.17. The molecule has 0 radical (unpaired) electrons. The van der Waals surface area contributed by atoms with E-state index < -0.39 is 0 Å². The molecule has 170 valence electrons. The monoisotopic (exact) mass is 446 g/mol. The summed E-state index contributed by atoms with van der Waals surface area (Å²) < 4.78 is 20.7. The van der Waals surface area contributed by atoms with Gasteiger partial charge >= 0.3 is 0 Å². The highest BCUT2D eigenvalue weighted by Gasteiger charge is 2.19. The molecular formula is C25H27FN6O. The van der Waals surface area contributed by atoms with Crippen LogP contribution in [0.4, 0.5) is 10.2 Å². The van der Waals surface area contributed by atoms with Crippen LogP contribution in [0.3, 0.4) is 0 Å². The van der Waals surface area contributed by atoms with Crippen LogP contribution in [0.1, 0.15) is 36.7 Å². The minimum absolute atomic E-state index is 0.0272. The van der Waals surface area contributed by atoms with Crippen LogP contribution in [0.25, 0.3) is 17.1 Å². The molecule has 4 aromatic rings. The zero-order valence-corrected chi connectivity index (χ0v) is 19.4. The minimum atomic E-state index is -0.251.